The Morgan fingerprint density at radius 2 is 2.39 bits per heavy atom. The molecule has 0 aromatic carbocycles. The van der Waals surface area contributed by atoms with Gasteiger partial charge < -0.3 is 4.74 Å². The van der Waals surface area contributed by atoms with Crippen LogP contribution in [0.15, 0.2) is 18.2 Å². The molecule has 0 N–H and O–H groups in total. The van der Waals surface area contributed by atoms with Crippen LogP contribution in [0.2, 0.25) is 4.34 Å². The van der Waals surface area contributed by atoms with E-state index < -0.39 is 12.6 Å². The molecule has 0 aliphatic heterocycles. The van der Waals surface area contributed by atoms with Crippen LogP contribution in [0.4, 0.5) is 4.39 Å². The zero-order valence-corrected chi connectivity index (χ0v) is 11.1. The van der Waals surface area contributed by atoms with E-state index in [1.807, 2.05) is 0 Å². The Morgan fingerprint density at radius 3 is 2.94 bits per heavy atom. The van der Waals surface area contributed by atoms with Crippen LogP contribution in [0.1, 0.15) is 10.5 Å². The van der Waals surface area contributed by atoms with Gasteiger partial charge in [-0.3, -0.25) is 4.68 Å². The second kappa shape index (κ2) is 5.49. The highest BCUT2D eigenvalue weighted by molar-refractivity contribution is 7.19. The summed E-state index contributed by atoms with van der Waals surface area (Å²) in [7, 11) is 1.28. The van der Waals surface area contributed by atoms with Crippen LogP contribution >= 0.6 is 22.9 Å². The zero-order valence-electron chi connectivity index (χ0n) is 9.52. The lowest BCUT2D eigenvalue weighted by Crippen LogP contribution is -2.06. The third-order valence-electron chi connectivity index (χ3n) is 2.30. The highest BCUT2D eigenvalue weighted by atomic mass is 35.5. The van der Waals surface area contributed by atoms with E-state index in [9.17, 15) is 9.18 Å². The Morgan fingerprint density at radius 1 is 1.61 bits per heavy atom. The first-order valence-corrected chi connectivity index (χ1v) is 6.33. The average molecular weight is 289 g/mol. The van der Waals surface area contributed by atoms with Crippen LogP contribution in [-0.2, 0) is 11.3 Å². The maximum atomic E-state index is 12.5. The number of methoxy groups -OCH3 is 1. The Balaban J connectivity index is 2.44. The maximum absolute atomic E-state index is 12.5. The van der Waals surface area contributed by atoms with Crippen LogP contribution in [0, 0.1) is 0 Å². The van der Waals surface area contributed by atoms with Gasteiger partial charge in [-0.1, -0.05) is 11.6 Å². The molecule has 18 heavy (non-hydrogen) atoms. The SMILES string of the molecule is COC(=O)c1cc(-c2ccc(Cl)s2)n(CCF)n1. The Labute approximate surface area is 112 Å². The molecule has 0 spiro atoms. The lowest BCUT2D eigenvalue weighted by molar-refractivity contribution is 0.0593. The molecule has 2 aromatic heterocycles. The predicted molar refractivity (Wildman–Crippen MR) is 67.9 cm³/mol. The maximum Gasteiger partial charge on any atom is 0.358 e. The number of esters is 1. The van der Waals surface area contributed by atoms with Crippen molar-refractivity contribution >= 4 is 28.9 Å². The number of carbonyl (C=O) groups excluding carboxylic acids is 1. The highest BCUT2D eigenvalue weighted by Crippen LogP contribution is 2.31. The molecule has 2 aromatic rings. The van der Waals surface area contributed by atoms with Gasteiger partial charge in [0.05, 0.1) is 28.6 Å². The van der Waals surface area contributed by atoms with Gasteiger partial charge in [-0.15, -0.1) is 11.3 Å². The van der Waals surface area contributed by atoms with Crippen molar-refractivity contribution < 1.29 is 13.9 Å². The van der Waals surface area contributed by atoms with Gasteiger partial charge in [0.2, 0.25) is 0 Å². The Kier molecular flexibility index (Phi) is 3.98. The third-order valence-corrected chi connectivity index (χ3v) is 3.55. The second-order valence-corrected chi connectivity index (χ2v) is 5.14. The molecule has 0 radical (unpaired) electrons. The van der Waals surface area contributed by atoms with Crippen molar-refractivity contribution in [3.63, 3.8) is 0 Å². The number of aromatic nitrogens is 2. The van der Waals surface area contributed by atoms with Crippen molar-refractivity contribution in [3.8, 4) is 10.6 Å². The molecule has 96 valence electrons. The minimum Gasteiger partial charge on any atom is -0.464 e. The minimum absolute atomic E-state index is 0.0852. The molecular formula is C11H10ClFN2O2S. The average Bonchev–Trinajstić information content (AvgIpc) is 2.95. The van der Waals surface area contributed by atoms with Crippen LogP contribution < -0.4 is 0 Å². The first kappa shape index (κ1) is 13.0. The Hall–Kier alpha value is -1.40. The van der Waals surface area contributed by atoms with Crippen LogP contribution in [0.25, 0.3) is 10.6 Å². The number of aryl methyl sites for hydroxylation is 1. The fourth-order valence-corrected chi connectivity index (χ4v) is 2.59. The molecule has 0 unspecified atom stereocenters. The fraction of sp³-hybridized carbons (Fsp3) is 0.273. The van der Waals surface area contributed by atoms with E-state index in [2.05, 4.69) is 9.84 Å². The number of hydrogen-bond acceptors (Lipinski definition) is 4. The molecule has 0 bridgehead atoms. The van der Waals surface area contributed by atoms with E-state index in [0.717, 1.165) is 4.88 Å². The molecule has 0 aliphatic carbocycles. The van der Waals surface area contributed by atoms with Crippen LogP contribution in [0.5, 0.6) is 0 Å². The Bertz CT molecular complexity index is 567. The van der Waals surface area contributed by atoms with Gasteiger partial charge in [0.25, 0.3) is 0 Å². The molecule has 0 atom stereocenters. The van der Waals surface area contributed by atoms with E-state index in [1.54, 1.807) is 18.2 Å². The van der Waals surface area contributed by atoms with Gasteiger partial charge in [-0.25, -0.2) is 9.18 Å². The molecule has 0 fully saturated rings. The van der Waals surface area contributed by atoms with E-state index >= 15 is 0 Å². The van der Waals surface area contributed by atoms with E-state index in [-0.39, 0.29) is 12.2 Å². The van der Waals surface area contributed by atoms with Gasteiger partial charge >= 0.3 is 5.97 Å². The zero-order chi connectivity index (χ0) is 13.1. The molecule has 4 nitrogen and oxygen atoms in total. The summed E-state index contributed by atoms with van der Waals surface area (Å²) in [6.07, 6.45) is 0. The summed E-state index contributed by atoms with van der Waals surface area (Å²) in [6, 6.07) is 5.12. The van der Waals surface area contributed by atoms with Crippen molar-refractivity contribution in [2.75, 3.05) is 13.8 Å². The van der Waals surface area contributed by atoms with Crippen molar-refractivity contribution in [1.29, 1.82) is 0 Å². The lowest BCUT2D eigenvalue weighted by Gasteiger charge is -2.01. The topological polar surface area (TPSA) is 44.1 Å². The summed E-state index contributed by atoms with van der Waals surface area (Å²) in [6.45, 7) is -0.476. The van der Waals surface area contributed by atoms with Gasteiger partial charge in [0.1, 0.15) is 6.67 Å². The largest absolute Gasteiger partial charge is 0.464 e. The number of rotatable bonds is 4. The number of ether oxygens (including phenoxy) is 1. The van der Waals surface area contributed by atoms with Gasteiger partial charge in [0, 0.05) is 0 Å². The molecule has 0 saturated carbocycles. The van der Waals surface area contributed by atoms with E-state index in [4.69, 9.17) is 11.6 Å². The van der Waals surface area contributed by atoms with Crippen molar-refractivity contribution in [1.82, 2.24) is 9.78 Å². The quantitative estimate of drug-likeness (QED) is 0.812. The first-order chi connectivity index (χ1) is 8.65. The molecule has 2 rings (SSSR count). The first-order valence-electron chi connectivity index (χ1n) is 5.13. The van der Waals surface area contributed by atoms with E-state index in [0.29, 0.717) is 10.0 Å². The minimum atomic E-state index is -0.561. The van der Waals surface area contributed by atoms with Crippen LogP contribution in [-0.4, -0.2) is 29.5 Å². The standard InChI is InChI=1S/C11H10ClFN2O2S/c1-17-11(16)7-6-8(15(14-7)5-4-13)9-2-3-10(12)18-9/h2-3,6H,4-5H2,1H3. The molecule has 0 amide bonds. The summed E-state index contributed by atoms with van der Waals surface area (Å²) >= 11 is 7.20. The normalized spacial score (nSPS) is 10.6. The monoisotopic (exact) mass is 288 g/mol. The number of halogens is 2. The van der Waals surface area contributed by atoms with Crippen molar-refractivity contribution in [2.45, 2.75) is 6.54 Å². The summed E-state index contributed by atoms with van der Waals surface area (Å²) < 4.78 is 19.1. The molecule has 0 aliphatic rings. The number of carbonyl (C=O) groups is 1. The number of hydrogen-bond donors (Lipinski definition) is 0. The van der Waals surface area contributed by atoms with E-state index in [1.165, 1.54) is 23.1 Å². The number of alkyl halides is 1. The molecule has 0 saturated heterocycles. The highest BCUT2D eigenvalue weighted by Gasteiger charge is 2.16. The van der Waals surface area contributed by atoms with Gasteiger partial charge in [-0.2, -0.15) is 5.10 Å². The van der Waals surface area contributed by atoms with Crippen molar-refractivity contribution in [2.24, 2.45) is 0 Å². The fourth-order valence-electron chi connectivity index (χ4n) is 1.52. The lowest BCUT2D eigenvalue weighted by atomic mass is 10.3. The summed E-state index contributed by atoms with van der Waals surface area (Å²) in [5.41, 5.74) is 0.815. The molecule has 7 heteroatoms. The van der Waals surface area contributed by atoms with Crippen molar-refractivity contribution in [3.05, 3.63) is 28.2 Å². The summed E-state index contributed by atoms with van der Waals surface area (Å²) in [5, 5.41) is 4.02. The number of nitrogens with zero attached hydrogens (tertiary/aromatic N) is 2. The predicted octanol–water partition coefficient (Wildman–Crippen LogP) is 3.02. The molecule has 2 heterocycles. The smallest absolute Gasteiger partial charge is 0.358 e. The molecular weight excluding hydrogens is 279 g/mol. The second-order valence-electron chi connectivity index (χ2n) is 3.42. The summed E-state index contributed by atoms with van der Waals surface area (Å²) in [4.78, 5) is 12.2. The van der Waals surface area contributed by atoms with Gasteiger partial charge in [-0.05, 0) is 18.2 Å². The number of thiophene rings is 1. The third kappa shape index (κ3) is 2.54. The summed E-state index contributed by atoms with van der Waals surface area (Å²) in [5.74, 6) is -0.545. The van der Waals surface area contributed by atoms with Gasteiger partial charge in [0.15, 0.2) is 5.69 Å². The van der Waals surface area contributed by atoms with Crippen LogP contribution in [0.3, 0.4) is 0 Å².